The fourth-order valence-corrected chi connectivity index (χ4v) is 4.90. The van der Waals surface area contributed by atoms with Gasteiger partial charge in [0.05, 0.1) is 22.8 Å². The highest BCUT2D eigenvalue weighted by Crippen LogP contribution is 2.29. The maximum atomic E-state index is 13.3. The number of ether oxygens (including phenoxy) is 1. The number of carbonyl (C=O) groups excluding carboxylic acids is 1. The van der Waals surface area contributed by atoms with Crippen molar-refractivity contribution >= 4 is 15.9 Å². The van der Waals surface area contributed by atoms with Crippen LogP contribution in [0.3, 0.4) is 0 Å². The first-order valence-electron chi connectivity index (χ1n) is 9.97. The SMILES string of the molecule is CCc1nn(C[C@@H](C)NC(=O)OC(C)(C)C)c(CC)c1S(=O)(=O)c1ccc(F)cc1. The molecule has 0 saturated carbocycles. The Balaban J connectivity index is 2.37. The topological polar surface area (TPSA) is 90.3 Å². The van der Waals surface area contributed by atoms with Crippen molar-refractivity contribution in [3.63, 3.8) is 0 Å². The fourth-order valence-electron chi connectivity index (χ4n) is 3.12. The fraction of sp³-hybridized carbons (Fsp3) is 0.524. The minimum Gasteiger partial charge on any atom is -0.444 e. The Hall–Kier alpha value is -2.42. The second-order valence-corrected chi connectivity index (χ2v) is 10.0. The quantitative estimate of drug-likeness (QED) is 0.661. The van der Waals surface area contributed by atoms with Gasteiger partial charge in [-0.25, -0.2) is 17.6 Å². The van der Waals surface area contributed by atoms with Crippen molar-refractivity contribution in [1.29, 1.82) is 0 Å². The number of aromatic nitrogens is 2. The molecule has 0 aliphatic heterocycles. The molecule has 0 saturated heterocycles. The van der Waals surface area contributed by atoms with E-state index in [4.69, 9.17) is 4.74 Å². The number of alkyl carbamates (subject to hydrolysis) is 1. The molecular formula is C21H30FN3O4S. The van der Waals surface area contributed by atoms with Gasteiger partial charge in [0.25, 0.3) is 0 Å². The summed E-state index contributed by atoms with van der Waals surface area (Å²) in [6.07, 6.45) is 0.307. The second kappa shape index (κ2) is 9.16. The minimum atomic E-state index is -3.87. The molecule has 1 heterocycles. The van der Waals surface area contributed by atoms with Gasteiger partial charge in [-0.1, -0.05) is 13.8 Å². The molecule has 1 amide bonds. The van der Waals surface area contributed by atoms with E-state index in [1.54, 1.807) is 32.4 Å². The van der Waals surface area contributed by atoms with Gasteiger partial charge < -0.3 is 10.1 Å². The number of carbonyl (C=O) groups is 1. The lowest BCUT2D eigenvalue weighted by Gasteiger charge is -2.22. The zero-order chi connectivity index (χ0) is 22.7. The number of nitrogens with one attached hydrogen (secondary N) is 1. The number of rotatable bonds is 7. The summed E-state index contributed by atoms with van der Waals surface area (Å²) in [7, 11) is -3.87. The number of benzene rings is 1. The molecule has 0 radical (unpaired) electrons. The number of nitrogens with zero attached hydrogens (tertiary/aromatic N) is 2. The number of amides is 1. The zero-order valence-electron chi connectivity index (χ0n) is 18.3. The Morgan fingerprint density at radius 2 is 1.80 bits per heavy atom. The molecule has 0 aliphatic carbocycles. The van der Waals surface area contributed by atoms with Crippen LogP contribution >= 0.6 is 0 Å². The molecule has 166 valence electrons. The van der Waals surface area contributed by atoms with Crippen LogP contribution in [0.4, 0.5) is 9.18 Å². The first kappa shape index (κ1) is 23.9. The summed E-state index contributed by atoms with van der Waals surface area (Å²) in [5, 5.41) is 7.25. The smallest absolute Gasteiger partial charge is 0.407 e. The molecule has 30 heavy (non-hydrogen) atoms. The summed E-state index contributed by atoms with van der Waals surface area (Å²) in [6, 6.07) is 4.43. The molecule has 0 bridgehead atoms. The summed E-state index contributed by atoms with van der Waals surface area (Å²) in [4.78, 5) is 12.2. The third kappa shape index (κ3) is 5.59. The molecule has 0 unspecified atom stereocenters. The molecule has 2 rings (SSSR count). The van der Waals surface area contributed by atoms with Gasteiger partial charge in [-0.2, -0.15) is 5.10 Å². The highest BCUT2D eigenvalue weighted by Gasteiger charge is 2.29. The van der Waals surface area contributed by atoms with Crippen LogP contribution in [0.15, 0.2) is 34.1 Å². The summed E-state index contributed by atoms with van der Waals surface area (Å²) in [5.41, 5.74) is 0.380. The molecule has 1 atom stereocenters. The average molecular weight is 440 g/mol. The van der Waals surface area contributed by atoms with Crippen molar-refractivity contribution < 1.29 is 22.3 Å². The lowest BCUT2D eigenvalue weighted by Crippen LogP contribution is -2.40. The maximum Gasteiger partial charge on any atom is 0.407 e. The molecule has 2 aromatic rings. The van der Waals surface area contributed by atoms with E-state index in [9.17, 15) is 17.6 Å². The normalized spacial score (nSPS) is 13.2. The van der Waals surface area contributed by atoms with E-state index in [1.807, 2.05) is 13.8 Å². The molecule has 0 spiro atoms. The summed E-state index contributed by atoms with van der Waals surface area (Å²) >= 11 is 0. The minimum absolute atomic E-state index is 0.0211. The van der Waals surface area contributed by atoms with E-state index in [1.165, 1.54) is 12.1 Å². The summed E-state index contributed by atoms with van der Waals surface area (Å²) in [5.74, 6) is -0.502. The highest BCUT2D eigenvalue weighted by atomic mass is 32.2. The van der Waals surface area contributed by atoms with Gasteiger partial charge in [0, 0.05) is 6.04 Å². The van der Waals surface area contributed by atoms with E-state index < -0.39 is 27.3 Å². The van der Waals surface area contributed by atoms with Gasteiger partial charge in [0.15, 0.2) is 0 Å². The molecule has 1 aromatic heterocycles. The molecule has 1 N–H and O–H groups in total. The van der Waals surface area contributed by atoms with E-state index in [2.05, 4.69) is 10.4 Å². The van der Waals surface area contributed by atoms with Crippen molar-refractivity contribution in [3.8, 4) is 0 Å². The van der Waals surface area contributed by atoms with Crippen molar-refractivity contribution in [2.24, 2.45) is 0 Å². The van der Waals surface area contributed by atoms with Crippen molar-refractivity contribution in [1.82, 2.24) is 15.1 Å². The van der Waals surface area contributed by atoms with Crippen LogP contribution in [-0.4, -0.2) is 35.9 Å². The average Bonchev–Trinajstić information content (AvgIpc) is 2.98. The lowest BCUT2D eigenvalue weighted by atomic mass is 10.2. The molecular weight excluding hydrogens is 409 g/mol. The van der Waals surface area contributed by atoms with Gasteiger partial charge >= 0.3 is 6.09 Å². The van der Waals surface area contributed by atoms with E-state index >= 15 is 0 Å². The molecule has 1 aromatic carbocycles. The van der Waals surface area contributed by atoms with Crippen LogP contribution in [0.2, 0.25) is 0 Å². The molecule has 0 aliphatic rings. The monoisotopic (exact) mass is 439 g/mol. The lowest BCUT2D eigenvalue weighted by molar-refractivity contribution is 0.0503. The first-order valence-corrected chi connectivity index (χ1v) is 11.5. The van der Waals surface area contributed by atoms with E-state index in [-0.39, 0.29) is 22.4 Å². The second-order valence-electron chi connectivity index (χ2n) is 8.12. The van der Waals surface area contributed by atoms with Gasteiger partial charge in [-0.3, -0.25) is 4.68 Å². The summed E-state index contributed by atoms with van der Waals surface area (Å²) in [6.45, 7) is 11.1. The third-order valence-electron chi connectivity index (χ3n) is 4.35. The number of sulfone groups is 1. The number of aryl methyl sites for hydroxylation is 1. The Kier molecular flexibility index (Phi) is 7.28. The van der Waals surface area contributed by atoms with Crippen LogP contribution in [0.5, 0.6) is 0 Å². The van der Waals surface area contributed by atoms with Gasteiger partial charge in [0.2, 0.25) is 9.84 Å². The van der Waals surface area contributed by atoms with Crippen molar-refractivity contribution in [2.75, 3.05) is 0 Å². The number of halogens is 1. The van der Waals surface area contributed by atoms with E-state index in [0.717, 1.165) is 12.1 Å². The Morgan fingerprint density at radius 1 is 1.20 bits per heavy atom. The standard InChI is InChI=1S/C21H30FN3O4S/c1-7-17-19(30(27,28)16-11-9-15(22)10-12-16)18(8-2)25(24-17)13-14(3)23-20(26)29-21(4,5)6/h9-12,14H,7-8,13H2,1-6H3,(H,23,26)/t14-/m1/s1. The largest absolute Gasteiger partial charge is 0.444 e. The number of hydrogen-bond acceptors (Lipinski definition) is 5. The summed E-state index contributed by atoms with van der Waals surface area (Å²) < 4.78 is 46.7. The Labute approximate surface area is 177 Å². The Bertz CT molecular complexity index is 992. The molecule has 0 fully saturated rings. The van der Waals surface area contributed by atoms with Crippen molar-refractivity contribution in [3.05, 3.63) is 41.5 Å². The van der Waals surface area contributed by atoms with Crippen LogP contribution in [0, 0.1) is 5.82 Å². The van der Waals surface area contributed by atoms with Crippen LogP contribution in [0.25, 0.3) is 0 Å². The predicted molar refractivity (Wildman–Crippen MR) is 112 cm³/mol. The zero-order valence-corrected chi connectivity index (χ0v) is 19.1. The van der Waals surface area contributed by atoms with Crippen molar-refractivity contribution in [2.45, 2.75) is 82.4 Å². The third-order valence-corrected chi connectivity index (χ3v) is 6.25. The number of hydrogen-bond donors (Lipinski definition) is 1. The highest BCUT2D eigenvalue weighted by molar-refractivity contribution is 7.91. The Morgan fingerprint density at radius 3 is 2.30 bits per heavy atom. The van der Waals surface area contributed by atoms with Gasteiger partial charge in [-0.15, -0.1) is 0 Å². The molecule has 7 nitrogen and oxygen atoms in total. The van der Waals surface area contributed by atoms with Crippen LogP contribution in [-0.2, 0) is 34.0 Å². The van der Waals surface area contributed by atoms with Crippen LogP contribution < -0.4 is 5.32 Å². The van der Waals surface area contributed by atoms with Gasteiger partial charge in [0.1, 0.15) is 16.3 Å². The van der Waals surface area contributed by atoms with Crippen LogP contribution in [0.1, 0.15) is 52.9 Å². The first-order chi connectivity index (χ1) is 13.9. The van der Waals surface area contributed by atoms with E-state index in [0.29, 0.717) is 24.2 Å². The molecule has 9 heteroatoms. The van der Waals surface area contributed by atoms with Gasteiger partial charge in [-0.05, 0) is 64.8 Å². The maximum absolute atomic E-state index is 13.3. The predicted octanol–water partition coefficient (Wildman–Crippen LogP) is 3.89.